The van der Waals surface area contributed by atoms with Gasteiger partial charge in [-0.25, -0.2) is 0 Å². The van der Waals surface area contributed by atoms with Crippen molar-refractivity contribution in [3.63, 3.8) is 0 Å². The summed E-state index contributed by atoms with van der Waals surface area (Å²) in [5.41, 5.74) is 0. The molecule has 0 spiro atoms. The molecule has 10 heavy (non-hydrogen) atoms. The van der Waals surface area contributed by atoms with Gasteiger partial charge in [0.25, 0.3) is 0 Å². The van der Waals surface area contributed by atoms with E-state index in [-0.39, 0.29) is 6.61 Å². The van der Waals surface area contributed by atoms with Crippen LogP contribution in [-0.2, 0) is 6.54 Å². The maximum atomic E-state index is 8.28. The SMILES string of the molecule is OCC#CCn1cc[c]n1. The highest BCUT2D eigenvalue weighted by Gasteiger charge is 1.81. The third-order valence-corrected chi connectivity index (χ3v) is 0.952. The second kappa shape index (κ2) is 3.70. The Balaban J connectivity index is 2.41. The lowest BCUT2D eigenvalue weighted by Crippen LogP contribution is -1.94. The van der Waals surface area contributed by atoms with E-state index < -0.39 is 0 Å². The predicted octanol–water partition coefficient (Wildman–Crippen LogP) is -0.321. The first-order valence-electron chi connectivity index (χ1n) is 2.89. The molecule has 0 amide bonds. The molecule has 0 aliphatic rings. The van der Waals surface area contributed by atoms with Gasteiger partial charge in [-0.05, 0) is 6.07 Å². The Hall–Kier alpha value is -1.27. The Morgan fingerprint density at radius 2 is 2.50 bits per heavy atom. The van der Waals surface area contributed by atoms with Crippen LogP contribution in [0.4, 0.5) is 0 Å². The topological polar surface area (TPSA) is 38.0 Å². The lowest BCUT2D eigenvalue weighted by molar-refractivity contribution is 0.350. The molecular formula is C7H7N2O. The van der Waals surface area contributed by atoms with Crippen molar-refractivity contribution >= 4 is 0 Å². The van der Waals surface area contributed by atoms with Gasteiger partial charge in [-0.1, -0.05) is 11.8 Å². The smallest absolute Gasteiger partial charge is 0.113 e. The zero-order valence-corrected chi connectivity index (χ0v) is 5.41. The van der Waals surface area contributed by atoms with Gasteiger partial charge in [-0.15, -0.1) is 0 Å². The number of rotatable bonds is 1. The van der Waals surface area contributed by atoms with Gasteiger partial charge < -0.3 is 5.11 Å². The Morgan fingerprint density at radius 3 is 3.10 bits per heavy atom. The fourth-order valence-corrected chi connectivity index (χ4v) is 0.541. The molecule has 1 N–H and O–H groups in total. The normalized spacial score (nSPS) is 8.50. The van der Waals surface area contributed by atoms with E-state index in [0.29, 0.717) is 6.54 Å². The van der Waals surface area contributed by atoms with Crippen molar-refractivity contribution in [3.05, 3.63) is 18.5 Å². The first-order chi connectivity index (χ1) is 4.93. The minimum Gasteiger partial charge on any atom is -0.384 e. The fraction of sp³-hybridized carbons (Fsp3) is 0.286. The van der Waals surface area contributed by atoms with Crippen LogP contribution in [-0.4, -0.2) is 21.5 Å². The van der Waals surface area contributed by atoms with Crippen molar-refractivity contribution in [1.82, 2.24) is 9.78 Å². The Labute approximate surface area is 59.3 Å². The van der Waals surface area contributed by atoms with Crippen molar-refractivity contribution in [2.45, 2.75) is 6.54 Å². The summed E-state index contributed by atoms with van der Waals surface area (Å²) in [6.45, 7) is 0.426. The number of aliphatic hydroxyl groups excluding tert-OH is 1. The van der Waals surface area contributed by atoms with Crippen molar-refractivity contribution in [3.8, 4) is 11.8 Å². The van der Waals surface area contributed by atoms with Crippen LogP contribution in [0, 0.1) is 18.0 Å². The molecule has 0 atom stereocenters. The largest absolute Gasteiger partial charge is 0.384 e. The van der Waals surface area contributed by atoms with Crippen molar-refractivity contribution < 1.29 is 5.11 Å². The number of hydrogen-bond acceptors (Lipinski definition) is 2. The van der Waals surface area contributed by atoms with Crippen LogP contribution >= 0.6 is 0 Å². The van der Waals surface area contributed by atoms with E-state index in [0.717, 1.165) is 0 Å². The van der Waals surface area contributed by atoms with Crippen LogP contribution in [0.3, 0.4) is 0 Å². The highest BCUT2D eigenvalue weighted by molar-refractivity contribution is 4.98. The maximum absolute atomic E-state index is 8.28. The molecule has 0 aliphatic heterocycles. The molecule has 0 saturated carbocycles. The van der Waals surface area contributed by atoms with Gasteiger partial charge in [0.2, 0.25) is 0 Å². The van der Waals surface area contributed by atoms with E-state index in [4.69, 9.17) is 5.11 Å². The monoisotopic (exact) mass is 135 g/mol. The number of nitrogens with zero attached hydrogens (tertiary/aromatic N) is 2. The molecule has 3 heteroatoms. The van der Waals surface area contributed by atoms with Crippen molar-refractivity contribution in [2.75, 3.05) is 6.61 Å². The molecule has 1 aromatic rings. The van der Waals surface area contributed by atoms with Crippen LogP contribution < -0.4 is 0 Å². The Bertz CT molecular complexity index is 230. The zero-order valence-electron chi connectivity index (χ0n) is 5.41. The molecule has 51 valence electrons. The molecule has 1 rings (SSSR count). The number of hydrogen-bond donors (Lipinski definition) is 1. The molecule has 0 fully saturated rings. The Kier molecular flexibility index (Phi) is 2.53. The van der Waals surface area contributed by atoms with Crippen LogP contribution in [0.1, 0.15) is 0 Å². The first kappa shape index (κ1) is 6.84. The van der Waals surface area contributed by atoms with Crippen LogP contribution in [0.5, 0.6) is 0 Å². The first-order valence-corrected chi connectivity index (χ1v) is 2.89. The quantitative estimate of drug-likeness (QED) is 0.536. The average molecular weight is 135 g/mol. The molecule has 3 nitrogen and oxygen atoms in total. The minimum absolute atomic E-state index is 0.0923. The molecule has 0 saturated heterocycles. The van der Waals surface area contributed by atoms with E-state index in [9.17, 15) is 0 Å². The molecule has 1 radical (unpaired) electrons. The molecule has 0 bridgehead atoms. The van der Waals surface area contributed by atoms with E-state index >= 15 is 0 Å². The summed E-state index contributed by atoms with van der Waals surface area (Å²) in [6, 6.07) is 1.71. The molecule has 0 unspecified atom stereocenters. The standard InChI is InChI=1S/C7H7N2O/c10-7-2-1-5-9-6-3-4-8-9/h3,6,10H,5,7H2. The molecular weight excluding hydrogens is 128 g/mol. The van der Waals surface area contributed by atoms with E-state index in [2.05, 4.69) is 23.1 Å². The second-order valence-corrected chi connectivity index (χ2v) is 1.65. The lowest BCUT2D eigenvalue weighted by Gasteiger charge is -1.88. The summed E-state index contributed by atoms with van der Waals surface area (Å²) >= 11 is 0. The minimum atomic E-state index is -0.0923. The van der Waals surface area contributed by atoms with Gasteiger partial charge in [0.05, 0.1) is 0 Å². The van der Waals surface area contributed by atoms with E-state index in [1.165, 1.54) is 0 Å². The summed E-state index contributed by atoms with van der Waals surface area (Å²) in [5.74, 6) is 5.24. The third kappa shape index (κ3) is 1.92. The number of aliphatic hydroxyl groups is 1. The van der Waals surface area contributed by atoms with Gasteiger partial charge in [0.1, 0.15) is 19.3 Å². The summed E-state index contributed by atoms with van der Waals surface area (Å²) in [6.07, 6.45) is 4.41. The molecule has 1 aromatic heterocycles. The van der Waals surface area contributed by atoms with Crippen molar-refractivity contribution in [1.29, 1.82) is 0 Å². The van der Waals surface area contributed by atoms with Gasteiger partial charge >= 0.3 is 0 Å². The van der Waals surface area contributed by atoms with Crippen LogP contribution in [0.15, 0.2) is 12.3 Å². The fourth-order valence-electron chi connectivity index (χ4n) is 0.541. The summed E-state index contributed by atoms with van der Waals surface area (Å²) in [4.78, 5) is 0. The average Bonchev–Trinajstić information content (AvgIpc) is 2.41. The molecule has 0 aromatic carbocycles. The van der Waals surface area contributed by atoms with Crippen LogP contribution in [0.2, 0.25) is 0 Å². The molecule has 0 aliphatic carbocycles. The summed E-state index contributed by atoms with van der Waals surface area (Å²) in [5, 5.41) is 12.1. The van der Waals surface area contributed by atoms with Gasteiger partial charge in [-0.3, -0.25) is 4.68 Å². The third-order valence-electron chi connectivity index (χ3n) is 0.952. The van der Waals surface area contributed by atoms with Crippen molar-refractivity contribution in [2.24, 2.45) is 0 Å². The van der Waals surface area contributed by atoms with E-state index in [1.807, 2.05) is 0 Å². The second-order valence-electron chi connectivity index (χ2n) is 1.65. The van der Waals surface area contributed by atoms with Gasteiger partial charge in [0, 0.05) is 6.20 Å². The summed E-state index contributed by atoms with van der Waals surface area (Å²) < 4.78 is 1.64. The zero-order chi connectivity index (χ0) is 7.23. The summed E-state index contributed by atoms with van der Waals surface area (Å²) in [7, 11) is 0. The molecule has 1 heterocycles. The highest BCUT2D eigenvalue weighted by Crippen LogP contribution is 1.80. The number of aromatic nitrogens is 2. The van der Waals surface area contributed by atoms with Crippen LogP contribution in [0.25, 0.3) is 0 Å². The van der Waals surface area contributed by atoms with Gasteiger partial charge in [-0.2, -0.15) is 5.10 Å². The van der Waals surface area contributed by atoms with Gasteiger partial charge in [0.15, 0.2) is 0 Å². The van der Waals surface area contributed by atoms with E-state index in [1.54, 1.807) is 16.9 Å². The predicted molar refractivity (Wildman–Crippen MR) is 35.9 cm³/mol. The maximum Gasteiger partial charge on any atom is 0.113 e. The highest BCUT2D eigenvalue weighted by atomic mass is 16.2. The lowest BCUT2D eigenvalue weighted by atomic mass is 10.6. The Morgan fingerprint density at radius 1 is 1.60 bits per heavy atom.